The van der Waals surface area contributed by atoms with Crippen LogP contribution in [-0.4, -0.2) is 18.0 Å². The Morgan fingerprint density at radius 3 is 2.33 bits per heavy atom. The molecule has 0 unspecified atom stereocenters. The van der Waals surface area contributed by atoms with Crippen molar-refractivity contribution in [3.8, 4) is 0 Å². The maximum atomic E-state index is 2.38. The minimum atomic E-state index is 0. The Morgan fingerprint density at radius 2 is 1.73 bits per heavy atom. The van der Waals surface area contributed by atoms with Crippen LogP contribution in [0.1, 0.15) is 39.0 Å². The highest BCUT2D eigenvalue weighted by atomic mass is 79.9. The Bertz CT molecular complexity index is 178. The van der Waals surface area contributed by atoms with Crippen molar-refractivity contribution in [2.24, 2.45) is 0 Å². The molecule has 0 N–H and O–H groups in total. The van der Waals surface area contributed by atoms with E-state index in [0.717, 1.165) is 6.54 Å². The van der Waals surface area contributed by atoms with Crippen molar-refractivity contribution in [2.45, 2.75) is 39.0 Å². The third kappa shape index (κ3) is 9.19. The quantitative estimate of drug-likeness (QED) is 0.643. The summed E-state index contributed by atoms with van der Waals surface area (Å²) in [5.41, 5.74) is 0. The van der Waals surface area contributed by atoms with E-state index in [-0.39, 0.29) is 34.0 Å². The summed E-state index contributed by atoms with van der Waals surface area (Å²) in [6.45, 7) is 4.59. The molecule has 0 saturated carbocycles. The largest absolute Gasteiger partial charge is 0.374 e. The average molecular weight is 341 g/mol. The first-order valence-electron chi connectivity index (χ1n) is 5.51. The van der Waals surface area contributed by atoms with Gasteiger partial charge in [0.15, 0.2) is 0 Å². The van der Waals surface area contributed by atoms with Gasteiger partial charge in [0.05, 0.1) is 0 Å². The molecule has 1 aliphatic heterocycles. The molecule has 1 heterocycles. The lowest BCUT2D eigenvalue weighted by Gasteiger charge is -2.20. The van der Waals surface area contributed by atoms with Gasteiger partial charge in [0.25, 0.3) is 0 Å². The van der Waals surface area contributed by atoms with Crippen LogP contribution < -0.4 is 0 Å². The van der Waals surface area contributed by atoms with Gasteiger partial charge in [-0.2, -0.15) is 0 Å². The molecule has 1 rings (SSSR count). The summed E-state index contributed by atoms with van der Waals surface area (Å²) in [5.74, 6) is 0. The highest BCUT2D eigenvalue weighted by molar-refractivity contribution is 8.93. The van der Waals surface area contributed by atoms with Crippen molar-refractivity contribution < 1.29 is 0 Å². The van der Waals surface area contributed by atoms with Gasteiger partial charge < -0.3 is 4.90 Å². The van der Waals surface area contributed by atoms with Gasteiger partial charge >= 0.3 is 0 Å². The predicted molar refractivity (Wildman–Crippen MR) is 79.3 cm³/mol. The van der Waals surface area contributed by atoms with Crippen LogP contribution in [0.2, 0.25) is 0 Å². The van der Waals surface area contributed by atoms with Crippen LogP contribution in [0.25, 0.3) is 0 Å². The molecule has 90 valence electrons. The predicted octanol–water partition coefficient (Wildman–Crippen LogP) is 4.50. The molecular weight excluding hydrogens is 318 g/mol. The highest BCUT2D eigenvalue weighted by Crippen LogP contribution is 2.05. The van der Waals surface area contributed by atoms with E-state index in [2.05, 4.69) is 36.3 Å². The van der Waals surface area contributed by atoms with E-state index in [9.17, 15) is 0 Å². The Hall–Kier alpha value is 0.240. The summed E-state index contributed by atoms with van der Waals surface area (Å²) in [6.07, 6.45) is 15.5. The van der Waals surface area contributed by atoms with E-state index < -0.39 is 0 Å². The number of halogens is 2. The van der Waals surface area contributed by atoms with Crippen LogP contribution in [0.15, 0.2) is 24.4 Å². The molecule has 1 nitrogen and oxygen atoms in total. The van der Waals surface area contributed by atoms with Crippen molar-refractivity contribution in [1.82, 2.24) is 4.90 Å². The Balaban J connectivity index is 0. The van der Waals surface area contributed by atoms with Crippen LogP contribution in [0, 0.1) is 0 Å². The third-order valence-corrected chi connectivity index (χ3v) is 2.43. The van der Waals surface area contributed by atoms with Crippen molar-refractivity contribution in [2.75, 3.05) is 13.1 Å². The summed E-state index contributed by atoms with van der Waals surface area (Å²) in [5, 5.41) is 0. The van der Waals surface area contributed by atoms with Crippen molar-refractivity contribution >= 4 is 34.0 Å². The number of allylic oxidation sites excluding steroid dienone is 2. The molecule has 0 fully saturated rings. The second kappa shape index (κ2) is 12.3. The van der Waals surface area contributed by atoms with Gasteiger partial charge in [-0.1, -0.05) is 44.8 Å². The summed E-state index contributed by atoms with van der Waals surface area (Å²) in [7, 11) is 0. The monoisotopic (exact) mass is 339 g/mol. The van der Waals surface area contributed by atoms with Gasteiger partial charge in [-0.25, -0.2) is 0 Å². The minimum Gasteiger partial charge on any atom is -0.374 e. The Morgan fingerprint density at radius 1 is 1.00 bits per heavy atom. The third-order valence-electron chi connectivity index (χ3n) is 2.43. The fourth-order valence-electron chi connectivity index (χ4n) is 1.59. The molecule has 0 saturated heterocycles. The number of unbranched alkanes of at least 4 members (excludes halogenated alkanes) is 4. The molecule has 1 aliphatic rings. The lowest BCUT2D eigenvalue weighted by molar-refractivity contribution is 0.393. The normalized spacial score (nSPS) is 13.3. The van der Waals surface area contributed by atoms with Crippen molar-refractivity contribution in [3.05, 3.63) is 24.4 Å². The maximum Gasteiger partial charge on any atom is 0.0357 e. The van der Waals surface area contributed by atoms with Gasteiger partial charge in [0, 0.05) is 13.1 Å². The molecular formula is C12H23Br2N. The molecule has 0 amide bonds. The van der Waals surface area contributed by atoms with E-state index in [1.807, 2.05) is 0 Å². The first-order chi connectivity index (χ1) is 6.43. The summed E-state index contributed by atoms with van der Waals surface area (Å²) in [4.78, 5) is 2.38. The van der Waals surface area contributed by atoms with Gasteiger partial charge in [-0.05, 0) is 18.7 Å². The fourth-order valence-corrected chi connectivity index (χ4v) is 1.59. The number of rotatable bonds is 6. The van der Waals surface area contributed by atoms with E-state index in [4.69, 9.17) is 0 Å². The Labute approximate surface area is 115 Å². The second-order valence-electron chi connectivity index (χ2n) is 3.68. The topological polar surface area (TPSA) is 3.24 Å². The van der Waals surface area contributed by atoms with Gasteiger partial charge in [-0.15, -0.1) is 34.0 Å². The summed E-state index contributed by atoms with van der Waals surface area (Å²) >= 11 is 0. The number of hydrogen-bond donors (Lipinski definition) is 0. The lowest BCUT2D eigenvalue weighted by atomic mass is 10.1. The molecule has 0 spiro atoms. The zero-order valence-corrected chi connectivity index (χ0v) is 12.9. The van der Waals surface area contributed by atoms with E-state index in [1.165, 1.54) is 38.6 Å². The molecule has 0 aliphatic carbocycles. The molecule has 0 aromatic carbocycles. The average Bonchev–Trinajstić information content (AvgIpc) is 2.19. The molecule has 0 aromatic rings. The van der Waals surface area contributed by atoms with Crippen LogP contribution in [0.5, 0.6) is 0 Å². The highest BCUT2D eigenvalue weighted by Gasteiger charge is 1.98. The first-order valence-corrected chi connectivity index (χ1v) is 5.51. The summed E-state index contributed by atoms with van der Waals surface area (Å²) in [6, 6.07) is 0. The molecule has 15 heavy (non-hydrogen) atoms. The van der Waals surface area contributed by atoms with E-state index >= 15 is 0 Å². The molecule has 0 aromatic heterocycles. The van der Waals surface area contributed by atoms with Crippen LogP contribution >= 0.6 is 34.0 Å². The smallest absolute Gasteiger partial charge is 0.0357 e. The molecule has 0 atom stereocenters. The number of hydrogen-bond acceptors (Lipinski definition) is 1. The zero-order valence-electron chi connectivity index (χ0n) is 9.52. The first kappa shape index (κ1) is 17.6. The van der Waals surface area contributed by atoms with Gasteiger partial charge in [-0.3, -0.25) is 0 Å². The van der Waals surface area contributed by atoms with Crippen LogP contribution in [0.4, 0.5) is 0 Å². The second-order valence-corrected chi connectivity index (χ2v) is 3.68. The maximum absolute atomic E-state index is 2.38. The molecule has 3 heteroatoms. The Kier molecular flexibility index (Phi) is 14.5. The van der Waals surface area contributed by atoms with Crippen molar-refractivity contribution in [3.63, 3.8) is 0 Å². The molecule has 0 bridgehead atoms. The summed E-state index contributed by atoms with van der Waals surface area (Å²) < 4.78 is 0. The van der Waals surface area contributed by atoms with E-state index in [0.29, 0.717) is 0 Å². The lowest BCUT2D eigenvalue weighted by Crippen LogP contribution is -2.19. The standard InChI is InChI=1S/C12H21N.2BrH/c1-2-3-4-5-7-10-13-11-8-6-9-12-13;;/h6,8-9,11H,2-5,7,10,12H2,1H3;2*1H. The minimum absolute atomic E-state index is 0. The molecule has 0 radical (unpaired) electrons. The van der Waals surface area contributed by atoms with Crippen LogP contribution in [0.3, 0.4) is 0 Å². The number of nitrogens with zero attached hydrogens (tertiary/aromatic N) is 1. The SMILES string of the molecule is Br.Br.CCCCCCCN1C=CC=CC1. The fraction of sp³-hybridized carbons (Fsp3) is 0.667. The zero-order chi connectivity index (χ0) is 9.36. The van der Waals surface area contributed by atoms with Gasteiger partial charge in [0.2, 0.25) is 0 Å². The van der Waals surface area contributed by atoms with E-state index in [1.54, 1.807) is 0 Å². The van der Waals surface area contributed by atoms with Gasteiger partial charge in [0.1, 0.15) is 0 Å². The van der Waals surface area contributed by atoms with Crippen molar-refractivity contribution in [1.29, 1.82) is 0 Å². The van der Waals surface area contributed by atoms with Crippen LogP contribution in [-0.2, 0) is 0 Å².